The zero-order valence-electron chi connectivity index (χ0n) is 17.8. The average molecular weight is 476 g/mol. The van der Waals surface area contributed by atoms with Crippen molar-refractivity contribution in [3.05, 3.63) is 106 Å². The highest BCUT2D eigenvalue weighted by atomic mass is 32.2. The third-order valence-electron chi connectivity index (χ3n) is 5.13. The molecule has 1 fully saturated rings. The van der Waals surface area contributed by atoms with E-state index in [1.54, 1.807) is 36.4 Å². The van der Waals surface area contributed by atoms with Gasteiger partial charge in [0.05, 0.1) is 4.91 Å². The van der Waals surface area contributed by atoms with Crippen LogP contribution in [-0.2, 0) is 16.2 Å². The molecule has 0 radical (unpaired) electrons. The SMILES string of the molecule is Cc1ccc(COc2ccc(/C=C3/SC(=S)N([C@H](C(=O)O)c4ccccc4)C3=O)cc2)cc1. The third-order valence-corrected chi connectivity index (χ3v) is 6.47. The summed E-state index contributed by atoms with van der Waals surface area (Å²) in [4.78, 5) is 26.6. The number of carbonyl (C=O) groups excluding carboxylic acids is 1. The number of aryl methyl sites for hydroxylation is 1. The van der Waals surface area contributed by atoms with Crippen molar-refractivity contribution in [1.29, 1.82) is 0 Å². The highest BCUT2D eigenvalue weighted by molar-refractivity contribution is 8.26. The van der Waals surface area contributed by atoms with Crippen molar-refractivity contribution in [3.8, 4) is 5.75 Å². The summed E-state index contributed by atoms with van der Waals surface area (Å²) in [5.41, 5.74) is 3.58. The lowest BCUT2D eigenvalue weighted by Crippen LogP contribution is -2.37. The molecule has 1 amide bonds. The minimum absolute atomic E-state index is 0.223. The fourth-order valence-electron chi connectivity index (χ4n) is 3.40. The van der Waals surface area contributed by atoms with Crippen LogP contribution in [0.2, 0.25) is 0 Å². The van der Waals surface area contributed by atoms with Gasteiger partial charge in [0.15, 0.2) is 6.04 Å². The van der Waals surface area contributed by atoms with Gasteiger partial charge in [-0.1, -0.05) is 96.3 Å². The van der Waals surface area contributed by atoms with Gasteiger partial charge < -0.3 is 9.84 Å². The Kier molecular flexibility index (Phi) is 6.91. The predicted octanol–water partition coefficient (Wildman–Crippen LogP) is 5.60. The summed E-state index contributed by atoms with van der Waals surface area (Å²) in [5.74, 6) is -0.829. The molecule has 4 rings (SSSR count). The topological polar surface area (TPSA) is 66.8 Å². The molecule has 1 heterocycles. The molecular formula is C26H21NO4S2. The Balaban J connectivity index is 1.47. The van der Waals surface area contributed by atoms with Gasteiger partial charge in [-0.3, -0.25) is 9.69 Å². The van der Waals surface area contributed by atoms with Crippen LogP contribution in [0.3, 0.4) is 0 Å². The smallest absolute Gasteiger partial charge is 0.331 e. The number of carboxylic acids is 1. The lowest BCUT2D eigenvalue weighted by atomic mass is 10.1. The fraction of sp³-hybridized carbons (Fsp3) is 0.115. The quantitative estimate of drug-likeness (QED) is 0.354. The molecule has 33 heavy (non-hydrogen) atoms. The van der Waals surface area contributed by atoms with Crippen LogP contribution in [0.25, 0.3) is 6.08 Å². The molecule has 1 N–H and O–H groups in total. The lowest BCUT2D eigenvalue weighted by molar-refractivity contribution is -0.145. The highest BCUT2D eigenvalue weighted by Gasteiger charge is 2.41. The van der Waals surface area contributed by atoms with Crippen LogP contribution in [-0.4, -0.2) is 26.2 Å². The van der Waals surface area contributed by atoms with Crippen molar-refractivity contribution in [1.82, 2.24) is 4.90 Å². The Hall–Kier alpha value is -3.42. The maximum atomic E-state index is 13.1. The van der Waals surface area contributed by atoms with Crippen molar-refractivity contribution in [2.24, 2.45) is 0 Å². The minimum atomic E-state index is -1.16. The second-order valence-corrected chi connectivity index (χ2v) is 9.22. The van der Waals surface area contributed by atoms with E-state index in [-0.39, 0.29) is 4.32 Å². The number of amides is 1. The number of carboxylic acid groups (broad SMARTS) is 1. The summed E-state index contributed by atoms with van der Waals surface area (Å²) in [6, 6.07) is 23.0. The first-order valence-electron chi connectivity index (χ1n) is 10.3. The number of thioether (sulfide) groups is 1. The Bertz CT molecular complexity index is 1210. The van der Waals surface area contributed by atoms with Crippen molar-refractivity contribution >= 4 is 46.3 Å². The molecule has 3 aromatic carbocycles. The second kappa shape index (κ2) is 10.0. The summed E-state index contributed by atoms with van der Waals surface area (Å²) in [6.07, 6.45) is 1.72. The Morgan fingerprint density at radius 2 is 1.73 bits per heavy atom. The number of ether oxygens (including phenoxy) is 1. The maximum absolute atomic E-state index is 13.1. The molecular weight excluding hydrogens is 454 g/mol. The van der Waals surface area contributed by atoms with E-state index in [4.69, 9.17) is 17.0 Å². The van der Waals surface area contributed by atoms with Crippen molar-refractivity contribution in [2.45, 2.75) is 19.6 Å². The van der Waals surface area contributed by atoms with E-state index in [1.165, 1.54) is 10.5 Å². The zero-order chi connectivity index (χ0) is 23.4. The van der Waals surface area contributed by atoms with Crippen LogP contribution in [0.1, 0.15) is 28.3 Å². The summed E-state index contributed by atoms with van der Waals surface area (Å²) in [6.45, 7) is 2.51. The standard InChI is InChI=1S/C26H21NO4S2/c1-17-7-9-19(10-8-17)16-31-21-13-11-18(12-14-21)15-22-24(28)27(26(32)33-22)23(25(29)30)20-5-3-2-4-6-20/h2-15,23H,16H2,1H3,(H,29,30)/b22-15+/t23-/m0/s1. The molecule has 1 atom stereocenters. The molecule has 0 unspecified atom stereocenters. The first-order valence-corrected chi connectivity index (χ1v) is 11.5. The van der Waals surface area contributed by atoms with Gasteiger partial charge in [-0.05, 0) is 41.8 Å². The number of benzene rings is 3. The van der Waals surface area contributed by atoms with E-state index in [1.807, 2.05) is 55.5 Å². The van der Waals surface area contributed by atoms with Gasteiger partial charge in [0.25, 0.3) is 5.91 Å². The van der Waals surface area contributed by atoms with E-state index >= 15 is 0 Å². The van der Waals surface area contributed by atoms with Crippen LogP contribution in [0.15, 0.2) is 83.8 Å². The van der Waals surface area contributed by atoms with Gasteiger partial charge in [0.2, 0.25) is 0 Å². The van der Waals surface area contributed by atoms with Crippen LogP contribution in [0.4, 0.5) is 0 Å². The number of rotatable bonds is 7. The van der Waals surface area contributed by atoms with Crippen LogP contribution < -0.4 is 4.74 Å². The molecule has 1 aliphatic heterocycles. The summed E-state index contributed by atoms with van der Waals surface area (Å²) >= 11 is 6.46. The van der Waals surface area contributed by atoms with Gasteiger partial charge in [-0.15, -0.1) is 0 Å². The van der Waals surface area contributed by atoms with Crippen LogP contribution >= 0.6 is 24.0 Å². The first kappa shape index (κ1) is 22.8. The molecule has 166 valence electrons. The third kappa shape index (κ3) is 5.32. The molecule has 0 bridgehead atoms. The van der Waals surface area contributed by atoms with Crippen LogP contribution in [0.5, 0.6) is 5.75 Å². The fourth-order valence-corrected chi connectivity index (χ4v) is 4.72. The number of aliphatic carboxylic acids is 1. The van der Waals surface area contributed by atoms with Crippen molar-refractivity contribution in [3.63, 3.8) is 0 Å². The summed E-state index contributed by atoms with van der Waals surface area (Å²) < 4.78 is 6.05. The zero-order valence-corrected chi connectivity index (χ0v) is 19.4. The molecule has 1 aliphatic rings. The lowest BCUT2D eigenvalue weighted by Gasteiger charge is -2.23. The monoisotopic (exact) mass is 475 g/mol. The highest BCUT2D eigenvalue weighted by Crippen LogP contribution is 2.38. The number of nitrogens with zero attached hydrogens (tertiary/aromatic N) is 1. The number of carbonyl (C=O) groups is 2. The van der Waals surface area contributed by atoms with Gasteiger partial charge in [0.1, 0.15) is 16.7 Å². The van der Waals surface area contributed by atoms with E-state index in [0.29, 0.717) is 17.1 Å². The predicted molar refractivity (Wildman–Crippen MR) is 134 cm³/mol. The maximum Gasteiger partial charge on any atom is 0.331 e. The van der Waals surface area contributed by atoms with E-state index in [9.17, 15) is 14.7 Å². The molecule has 5 nitrogen and oxygen atoms in total. The normalized spacial score (nSPS) is 15.7. The van der Waals surface area contributed by atoms with Crippen molar-refractivity contribution in [2.75, 3.05) is 0 Å². The van der Waals surface area contributed by atoms with Gasteiger partial charge in [-0.2, -0.15) is 0 Å². The van der Waals surface area contributed by atoms with Crippen LogP contribution in [0, 0.1) is 6.92 Å². The molecule has 0 spiro atoms. The number of thiocarbonyl (C=S) groups is 1. The first-order chi connectivity index (χ1) is 15.9. The Morgan fingerprint density at radius 1 is 1.06 bits per heavy atom. The largest absolute Gasteiger partial charge is 0.489 e. The minimum Gasteiger partial charge on any atom is -0.489 e. The molecule has 3 aromatic rings. The number of hydrogen-bond acceptors (Lipinski definition) is 5. The average Bonchev–Trinajstić information content (AvgIpc) is 3.08. The molecule has 1 saturated heterocycles. The summed E-state index contributed by atoms with van der Waals surface area (Å²) in [7, 11) is 0. The van der Waals surface area contributed by atoms with E-state index < -0.39 is 17.9 Å². The van der Waals surface area contributed by atoms with Gasteiger partial charge in [-0.25, -0.2) is 4.79 Å². The molecule has 0 aliphatic carbocycles. The molecule has 7 heteroatoms. The summed E-state index contributed by atoms with van der Waals surface area (Å²) in [5, 5.41) is 9.78. The molecule has 0 saturated carbocycles. The number of hydrogen-bond donors (Lipinski definition) is 1. The Labute approximate surface area is 201 Å². The van der Waals surface area contributed by atoms with Crippen molar-refractivity contribution < 1.29 is 19.4 Å². The van der Waals surface area contributed by atoms with Gasteiger partial charge >= 0.3 is 5.97 Å². The van der Waals surface area contributed by atoms with E-state index in [2.05, 4.69) is 0 Å². The second-order valence-electron chi connectivity index (χ2n) is 7.55. The Morgan fingerprint density at radius 3 is 2.36 bits per heavy atom. The van der Waals surface area contributed by atoms with E-state index in [0.717, 1.165) is 28.6 Å². The van der Waals surface area contributed by atoms with Gasteiger partial charge in [0, 0.05) is 0 Å². The molecule has 0 aromatic heterocycles.